The molecule has 0 spiro atoms. The van der Waals surface area contributed by atoms with E-state index in [1.54, 1.807) is 4.90 Å². The highest BCUT2D eigenvalue weighted by Crippen LogP contribution is 2.28. The van der Waals surface area contributed by atoms with Crippen molar-refractivity contribution in [1.82, 2.24) is 9.80 Å². The first-order valence-corrected chi connectivity index (χ1v) is 9.26. The summed E-state index contributed by atoms with van der Waals surface area (Å²) < 4.78 is 5.07. The van der Waals surface area contributed by atoms with Gasteiger partial charge in [-0.3, -0.25) is 4.90 Å². The smallest absolute Gasteiger partial charge is 0.407 e. The van der Waals surface area contributed by atoms with Crippen LogP contribution in [0.3, 0.4) is 0 Å². The Morgan fingerprint density at radius 3 is 2.77 bits per heavy atom. The van der Waals surface area contributed by atoms with Gasteiger partial charge in [0, 0.05) is 32.6 Å². The van der Waals surface area contributed by atoms with Crippen LogP contribution in [0.15, 0.2) is 18.2 Å². The minimum atomic E-state index is -0.828. The number of esters is 1. The molecule has 1 amide bonds. The predicted octanol–water partition coefficient (Wildman–Crippen LogP) is 2.65. The minimum Gasteiger partial charge on any atom is -0.465 e. The van der Waals surface area contributed by atoms with Gasteiger partial charge in [0.15, 0.2) is 0 Å². The quantitative estimate of drug-likeness (QED) is 0.839. The number of cyclic esters (lactones) is 1. The molecule has 3 rings (SSSR count). The number of piperazine rings is 1. The van der Waals surface area contributed by atoms with E-state index in [1.807, 2.05) is 12.1 Å². The standard InChI is InChI=1S/C20H28N2O4/c1-20(2,3)17-13-21(9-10-22(17)19(24)25)8-6-14-4-5-16-15(12-14)7-11-26-18(16)23/h4-5,12,17H,6-11,13H2,1-3H3,(H,24,25). The molecule has 6 nitrogen and oxygen atoms in total. The molecule has 0 aliphatic carbocycles. The van der Waals surface area contributed by atoms with Crippen molar-refractivity contribution in [3.63, 3.8) is 0 Å². The van der Waals surface area contributed by atoms with E-state index in [1.165, 1.54) is 5.56 Å². The number of amides is 1. The zero-order chi connectivity index (χ0) is 18.9. The second kappa shape index (κ2) is 7.27. The van der Waals surface area contributed by atoms with E-state index in [2.05, 4.69) is 31.7 Å². The van der Waals surface area contributed by atoms with Crippen molar-refractivity contribution in [2.75, 3.05) is 32.8 Å². The fourth-order valence-corrected chi connectivity index (χ4v) is 3.84. The van der Waals surface area contributed by atoms with Crippen molar-refractivity contribution in [1.29, 1.82) is 0 Å². The lowest BCUT2D eigenvalue weighted by molar-refractivity contribution is 0.0221. The summed E-state index contributed by atoms with van der Waals surface area (Å²) in [4.78, 5) is 27.2. The van der Waals surface area contributed by atoms with Crippen LogP contribution in [-0.2, 0) is 17.6 Å². The number of carbonyl (C=O) groups excluding carboxylic acids is 1. The van der Waals surface area contributed by atoms with Crippen molar-refractivity contribution in [2.45, 2.75) is 39.7 Å². The molecule has 1 saturated heterocycles. The van der Waals surface area contributed by atoms with E-state index in [0.717, 1.165) is 38.0 Å². The Morgan fingerprint density at radius 2 is 2.08 bits per heavy atom. The first kappa shape index (κ1) is 18.7. The number of benzene rings is 1. The molecule has 1 aromatic carbocycles. The summed E-state index contributed by atoms with van der Waals surface area (Å²) in [5.74, 6) is -0.226. The number of fused-ring (bicyclic) bond motifs is 1. The maximum Gasteiger partial charge on any atom is 0.407 e. The molecule has 2 heterocycles. The van der Waals surface area contributed by atoms with Crippen molar-refractivity contribution in [3.05, 3.63) is 34.9 Å². The number of carbonyl (C=O) groups is 2. The van der Waals surface area contributed by atoms with Gasteiger partial charge in [0.05, 0.1) is 18.2 Å². The Bertz CT molecular complexity index is 696. The van der Waals surface area contributed by atoms with Gasteiger partial charge in [0.25, 0.3) is 0 Å². The molecule has 2 aliphatic heterocycles. The van der Waals surface area contributed by atoms with Gasteiger partial charge < -0.3 is 14.7 Å². The maximum atomic E-state index is 11.7. The van der Waals surface area contributed by atoms with Gasteiger partial charge in [-0.25, -0.2) is 9.59 Å². The highest BCUT2D eigenvalue weighted by atomic mass is 16.5. The number of nitrogens with zero attached hydrogens (tertiary/aromatic N) is 2. The topological polar surface area (TPSA) is 70.1 Å². The third-order valence-corrected chi connectivity index (χ3v) is 5.42. The molecule has 0 bridgehead atoms. The van der Waals surface area contributed by atoms with E-state index in [-0.39, 0.29) is 17.4 Å². The number of hydrogen-bond acceptors (Lipinski definition) is 4. The second-order valence-electron chi connectivity index (χ2n) is 8.29. The summed E-state index contributed by atoms with van der Waals surface area (Å²) in [6.45, 7) is 9.71. The SMILES string of the molecule is CC(C)(C)C1CN(CCc2ccc3c(c2)CCOC3=O)CCN1C(=O)O. The molecule has 142 valence electrons. The lowest BCUT2D eigenvalue weighted by atomic mass is 9.84. The zero-order valence-corrected chi connectivity index (χ0v) is 15.8. The van der Waals surface area contributed by atoms with Crippen LogP contribution in [0.5, 0.6) is 0 Å². The third kappa shape index (κ3) is 4.01. The number of ether oxygens (including phenoxy) is 1. The van der Waals surface area contributed by atoms with Crippen LogP contribution < -0.4 is 0 Å². The number of hydrogen-bond donors (Lipinski definition) is 1. The van der Waals surface area contributed by atoms with Gasteiger partial charge >= 0.3 is 12.1 Å². The van der Waals surface area contributed by atoms with Crippen molar-refractivity contribution < 1.29 is 19.4 Å². The van der Waals surface area contributed by atoms with Crippen LogP contribution in [0.25, 0.3) is 0 Å². The molecule has 1 unspecified atom stereocenters. The molecule has 1 aromatic rings. The lowest BCUT2D eigenvalue weighted by Gasteiger charge is -2.46. The molecule has 2 aliphatic rings. The summed E-state index contributed by atoms with van der Waals surface area (Å²) in [6, 6.07) is 5.98. The average molecular weight is 360 g/mol. The van der Waals surface area contributed by atoms with Crippen molar-refractivity contribution >= 4 is 12.1 Å². The van der Waals surface area contributed by atoms with Crippen LogP contribution in [0.2, 0.25) is 0 Å². The first-order valence-electron chi connectivity index (χ1n) is 9.26. The maximum absolute atomic E-state index is 11.7. The lowest BCUT2D eigenvalue weighted by Crippen LogP contribution is -2.59. The molecule has 1 N–H and O–H groups in total. The summed E-state index contributed by atoms with van der Waals surface area (Å²) in [6.07, 6.45) is 0.844. The molecule has 0 radical (unpaired) electrons. The Kier molecular flexibility index (Phi) is 5.23. The minimum absolute atomic E-state index is 0.00736. The van der Waals surface area contributed by atoms with E-state index in [0.29, 0.717) is 18.7 Å². The van der Waals surface area contributed by atoms with Crippen molar-refractivity contribution in [2.24, 2.45) is 5.41 Å². The van der Waals surface area contributed by atoms with E-state index in [9.17, 15) is 14.7 Å². The Hall–Kier alpha value is -2.08. The summed E-state index contributed by atoms with van der Waals surface area (Å²) >= 11 is 0. The predicted molar refractivity (Wildman–Crippen MR) is 98.5 cm³/mol. The summed E-state index contributed by atoms with van der Waals surface area (Å²) in [5.41, 5.74) is 2.87. The second-order valence-corrected chi connectivity index (χ2v) is 8.29. The van der Waals surface area contributed by atoms with Crippen LogP contribution in [0.4, 0.5) is 4.79 Å². The monoisotopic (exact) mass is 360 g/mol. The van der Waals surface area contributed by atoms with Gasteiger partial charge in [-0.1, -0.05) is 32.9 Å². The number of rotatable bonds is 3. The zero-order valence-electron chi connectivity index (χ0n) is 15.8. The third-order valence-electron chi connectivity index (χ3n) is 5.42. The van der Waals surface area contributed by atoms with Crippen LogP contribution in [0.1, 0.15) is 42.3 Å². The highest BCUT2D eigenvalue weighted by Gasteiger charge is 2.37. The van der Waals surface area contributed by atoms with E-state index < -0.39 is 6.09 Å². The summed E-state index contributed by atoms with van der Waals surface area (Å²) in [7, 11) is 0. The molecule has 1 fully saturated rings. The van der Waals surface area contributed by atoms with Gasteiger partial charge in [0.2, 0.25) is 0 Å². The van der Waals surface area contributed by atoms with E-state index >= 15 is 0 Å². The Morgan fingerprint density at radius 1 is 1.31 bits per heavy atom. The van der Waals surface area contributed by atoms with Crippen LogP contribution in [0, 0.1) is 5.41 Å². The van der Waals surface area contributed by atoms with E-state index in [4.69, 9.17) is 4.74 Å². The van der Waals surface area contributed by atoms with Crippen LogP contribution in [-0.4, -0.2) is 65.8 Å². The largest absolute Gasteiger partial charge is 0.465 e. The Labute approximate surface area is 154 Å². The average Bonchev–Trinajstić information content (AvgIpc) is 2.59. The fraction of sp³-hybridized carbons (Fsp3) is 0.600. The van der Waals surface area contributed by atoms with Gasteiger partial charge in [-0.05, 0) is 29.0 Å². The number of carboxylic acid groups (broad SMARTS) is 1. The fourth-order valence-electron chi connectivity index (χ4n) is 3.84. The normalized spacial score (nSPS) is 21.3. The molecule has 26 heavy (non-hydrogen) atoms. The van der Waals surface area contributed by atoms with Crippen LogP contribution >= 0.6 is 0 Å². The van der Waals surface area contributed by atoms with Crippen molar-refractivity contribution in [3.8, 4) is 0 Å². The molecular weight excluding hydrogens is 332 g/mol. The van der Waals surface area contributed by atoms with Gasteiger partial charge in [0.1, 0.15) is 0 Å². The molecule has 6 heteroatoms. The molecule has 0 aromatic heterocycles. The molecule has 0 saturated carbocycles. The first-order chi connectivity index (χ1) is 12.3. The van der Waals surface area contributed by atoms with Gasteiger partial charge in [-0.2, -0.15) is 0 Å². The highest BCUT2D eigenvalue weighted by molar-refractivity contribution is 5.92. The molecular formula is C20H28N2O4. The van der Waals surface area contributed by atoms with Gasteiger partial charge in [-0.15, -0.1) is 0 Å². The Balaban J connectivity index is 1.63. The molecule has 1 atom stereocenters. The summed E-state index contributed by atoms with van der Waals surface area (Å²) in [5, 5.41) is 9.47.